The highest BCUT2D eigenvalue weighted by molar-refractivity contribution is 8.01. The van der Waals surface area contributed by atoms with Gasteiger partial charge in [-0.1, -0.05) is 12.1 Å². The van der Waals surface area contributed by atoms with Crippen molar-refractivity contribution in [2.75, 3.05) is 19.8 Å². The molecule has 1 aliphatic rings. The summed E-state index contributed by atoms with van der Waals surface area (Å²) in [6, 6.07) is 7.83. The van der Waals surface area contributed by atoms with Crippen LogP contribution in [0.4, 0.5) is 0 Å². The third kappa shape index (κ3) is 6.80. The van der Waals surface area contributed by atoms with Crippen molar-refractivity contribution in [1.82, 2.24) is 0 Å². The Morgan fingerprint density at radius 2 is 2.20 bits per heavy atom. The zero-order valence-corrected chi connectivity index (χ0v) is 15.7. The normalized spacial score (nSPS) is 18.6. The summed E-state index contributed by atoms with van der Waals surface area (Å²) in [7, 11) is 0. The summed E-state index contributed by atoms with van der Waals surface area (Å²) in [4.78, 5) is 24.5. The first kappa shape index (κ1) is 19.9. The Hall–Kier alpha value is -1.37. The third-order valence-corrected chi connectivity index (χ3v) is 5.14. The zero-order chi connectivity index (χ0) is 18.1. The van der Waals surface area contributed by atoms with Crippen molar-refractivity contribution < 1.29 is 23.8 Å². The van der Waals surface area contributed by atoms with Gasteiger partial charge in [-0.05, 0) is 57.2 Å². The molecule has 5 nitrogen and oxygen atoms in total. The van der Waals surface area contributed by atoms with E-state index in [2.05, 4.69) is 0 Å². The van der Waals surface area contributed by atoms with Crippen LogP contribution in [0, 0.1) is 0 Å². The van der Waals surface area contributed by atoms with Crippen molar-refractivity contribution in [3.05, 3.63) is 29.8 Å². The summed E-state index contributed by atoms with van der Waals surface area (Å²) in [5, 5.41) is -0.818. The highest BCUT2D eigenvalue weighted by Crippen LogP contribution is 2.26. The van der Waals surface area contributed by atoms with Gasteiger partial charge in [-0.3, -0.25) is 9.59 Å². The number of rotatable bonds is 9. The Morgan fingerprint density at radius 3 is 2.88 bits per heavy atom. The molecule has 1 aliphatic heterocycles. The number of carbonyl (C=O) groups excluding carboxylic acids is 2. The first-order valence-corrected chi connectivity index (χ1v) is 9.64. The maximum Gasteiger partial charge on any atom is 0.327 e. The molecule has 0 aromatic heterocycles. The predicted molar refractivity (Wildman–Crippen MR) is 96.6 cm³/mol. The molecule has 1 fully saturated rings. The molecule has 1 aromatic carbocycles. The summed E-state index contributed by atoms with van der Waals surface area (Å²) in [5.74, 6) is -0.685. The minimum absolute atomic E-state index is 0.0859. The second-order valence-electron chi connectivity index (χ2n) is 5.92. The molecule has 1 heterocycles. The van der Waals surface area contributed by atoms with Crippen LogP contribution in [0.15, 0.2) is 29.2 Å². The van der Waals surface area contributed by atoms with Gasteiger partial charge in [0.15, 0.2) is 17.3 Å². The van der Waals surface area contributed by atoms with Crippen LogP contribution in [0.3, 0.4) is 0 Å². The quantitative estimate of drug-likeness (QED) is 0.379. The van der Waals surface area contributed by atoms with E-state index in [-0.39, 0.29) is 18.7 Å². The van der Waals surface area contributed by atoms with E-state index in [1.807, 2.05) is 24.3 Å². The first-order chi connectivity index (χ1) is 12.1. The van der Waals surface area contributed by atoms with Gasteiger partial charge in [-0.25, -0.2) is 0 Å². The number of esters is 1. The summed E-state index contributed by atoms with van der Waals surface area (Å²) >= 11 is 1.23. The Kier molecular flexibility index (Phi) is 8.44. The molecule has 6 heteroatoms. The fourth-order valence-electron chi connectivity index (χ4n) is 2.58. The maximum absolute atomic E-state index is 11.9. The molecule has 138 valence electrons. The molecule has 1 saturated heterocycles. The number of thioether (sulfide) groups is 1. The predicted octanol–water partition coefficient (Wildman–Crippen LogP) is 3.39. The van der Waals surface area contributed by atoms with Gasteiger partial charge in [0.2, 0.25) is 0 Å². The number of hydrogen-bond acceptors (Lipinski definition) is 6. The minimum Gasteiger partial charge on any atom is -0.465 e. The molecule has 2 unspecified atom stereocenters. The molecule has 1 aromatic rings. The molecule has 0 saturated carbocycles. The molecular formula is C19H26O5S. The summed E-state index contributed by atoms with van der Waals surface area (Å²) in [6.07, 6.45) is 3.89. The van der Waals surface area contributed by atoms with Crippen molar-refractivity contribution in [2.24, 2.45) is 0 Å². The molecule has 0 N–H and O–H groups in total. The van der Waals surface area contributed by atoms with E-state index >= 15 is 0 Å². The van der Waals surface area contributed by atoms with Crippen LogP contribution in [-0.4, -0.2) is 43.1 Å². The smallest absolute Gasteiger partial charge is 0.327 e. The number of carbonyl (C=O) groups is 2. The van der Waals surface area contributed by atoms with Crippen LogP contribution in [-0.2, 0) is 30.2 Å². The van der Waals surface area contributed by atoms with Gasteiger partial charge in [-0.15, -0.1) is 11.8 Å². The second kappa shape index (κ2) is 10.6. The Bertz CT molecular complexity index is 569. The molecule has 2 atom stereocenters. The average Bonchev–Trinajstić information content (AvgIpc) is 2.61. The van der Waals surface area contributed by atoms with Crippen LogP contribution in [0.1, 0.15) is 38.7 Å². The van der Waals surface area contributed by atoms with Gasteiger partial charge < -0.3 is 14.2 Å². The lowest BCUT2D eigenvalue weighted by Gasteiger charge is -2.22. The average molecular weight is 366 g/mol. The van der Waals surface area contributed by atoms with Gasteiger partial charge in [0.05, 0.1) is 13.2 Å². The van der Waals surface area contributed by atoms with E-state index in [1.165, 1.54) is 18.7 Å². The lowest BCUT2D eigenvalue weighted by Crippen LogP contribution is -2.27. The van der Waals surface area contributed by atoms with Crippen LogP contribution in [0.5, 0.6) is 0 Å². The van der Waals surface area contributed by atoms with Crippen LogP contribution >= 0.6 is 11.8 Å². The fraction of sp³-hybridized carbons (Fsp3) is 0.579. The Labute approximate surface area is 153 Å². The van der Waals surface area contributed by atoms with Gasteiger partial charge in [-0.2, -0.15) is 0 Å². The lowest BCUT2D eigenvalue weighted by molar-refractivity contribution is -0.161. The molecule has 0 bridgehead atoms. The minimum atomic E-state index is -0.818. The number of hydrogen-bond donors (Lipinski definition) is 0. The summed E-state index contributed by atoms with van der Waals surface area (Å²) in [5.41, 5.74) is 1.10. The number of ketones is 1. The topological polar surface area (TPSA) is 61.8 Å². The van der Waals surface area contributed by atoms with Crippen molar-refractivity contribution in [2.45, 2.75) is 56.0 Å². The molecule has 0 aliphatic carbocycles. The Morgan fingerprint density at radius 1 is 1.36 bits per heavy atom. The third-order valence-electron chi connectivity index (χ3n) is 3.85. The second-order valence-corrected chi connectivity index (χ2v) is 7.10. The number of Topliss-reactive ketones (excluding diaryl/α,β-unsaturated/α-hetero) is 1. The highest BCUT2D eigenvalue weighted by Gasteiger charge is 2.26. The van der Waals surface area contributed by atoms with Crippen molar-refractivity contribution in [3.8, 4) is 0 Å². The molecule has 0 radical (unpaired) electrons. The van der Waals surface area contributed by atoms with E-state index in [9.17, 15) is 9.59 Å². The molecular weight excluding hydrogens is 340 g/mol. The largest absolute Gasteiger partial charge is 0.465 e. The molecule has 2 rings (SSSR count). The van der Waals surface area contributed by atoms with Gasteiger partial charge in [0.1, 0.15) is 0 Å². The SMILES string of the molecule is CCOC(=O)C(Sc1cccc(CCOC2CCCCO2)c1)C(C)=O. The van der Waals surface area contributed by atoms with E-state index in [0.717, 1.165) is 42.7 Å². The number of benzene rings is 1. The zero-order valence-electron chi connectivity index (χ0n) is 14.9. The van der Waals surface area contributed by atoms with Crippen molar-refractivity contribution in [3.63, 3.8) is 0 Å². The molecule has 0 spiro atoms. The van der Waals surface area contributed by atoms with Gasteiger partial charge in [0.25, 0.3) is 0 Å². The summed E-state index contributed by atoms with van der Waals surface area (Å²) < 4.78 is 16.3. The van der Waals surface area contributed by atoms with Gasteiger partial charge >= 0.3 is 5.97 Å². The molecule has 0 amide bonds. The van der Waals surface area contributed by atoms with E-state index in [4.69, 9.17) is 14.2 Å². The summed E-state index contributed by atoms with van der Waals surface area (Å²) in [6.45, 7) is 4.78. The van der Waals surface area contributed by atoms with Gasteiger partial charge in [0, 0.05) is 11.5 Å². The molecule has 25 heavy (non-hydrogen) atoms. The van der Waals surface area contributed by atoms with Crippen LogP contribution < -0.4 is 0 Å². The highest BCUT2D eigenvalue weighted by atomic mass is 32.2. The van der Waals surface area contributed by atoms with E-state index in [1.54, 1.807) is 6.92 Å². The monoisotopic (exact) mass is 366 g/mol. The Balaban J connectivity index is 1.88. The van der Waals surface area contributed by atoms with Crippen molar-refractivity contribution >= 4 is 23.5 Å². The van der Waals surface area contributed by atoms with Crippen molar-refractivity contribution in [1.29, 1.82) is 0 Å². The van der Waals surface area contributed by atoms with Crippen LogP contribution in [0.25, 0.3) is 0 Å². The fourth-order valence-corrected chi connectivity index (χ4v) is 3.56. The lowest BCUT2D eigenvalue weighted by atomic mass is 10.1. The van der Waals surface area contributed by atoms with E-state index in [0.29, 0.717) is 6.61 Å². The van der Waals surface area contributed by atoms with E-state index < -0.39 is 11.2 Å². The first-order valence-electron chi connectivity index (χ1n) is 8.76. The van der Waals surface area contributed by atoms with Crippen LogP contribution in [0.2, 0.25) is 0 Å². The number of ether oxygens (including phenoxy) is 3. The standard InChI is InChI=1S/C19H26O5S/c1-3-22-19(21)18(14(2)20)25-16-8-6-7-15(13-16)10-12-24-17-9-4-5-11-23-17/h6-8,13,17-18H,3-5,9-12H2,1-2H3. The maximum atomic E-state index is 11.9.